The zero-order chi connectivity index (χ0) is 10.7. The molecule has 0 bridgehead atoms. The van der Waals surface area contributed by atoms with Crippen LogP contribution in [0.25, 0.3) is 10.4 Å². The second kappa shape index (κ2) is 3.75. The number of rotatable bonds is 3. The van der Waals surface area contributed by atoms with E-state index in [0.29, 0.717) is 0 Å². The van der Waals surface area contributed by atoms with Crippen LogP contribution in [0.1, 0.15) is 0 Å². The zero-order valence-electron chi connectivity index (χ0n) is 7.38. The summed E-state index contributed by atoms with van der Waals surface area (Å²) in [6, 6.07) is -0.687. The minimum atomic E-state index is -0.884. The van der Waals surface area contributed by atoms with Crippen LogP contribution in [-0.4, -0.2) is 47.8 Å². The Labute approximate surface area is 78.7 Å². The molecule has 0 spiro atoms. The number of imide groups is 2. The molecule has 0 saturated carbocycles. The molecule has 8 heteroatoms. The van der Waals surface area contributed by atoms with Gasteiger partial charge in [0.15, 0.2) is 0 Å². The van der Waals surface area contributed by atoms with E-state index in [9.17, 15) is 14.4 Å². The number of azide groups is 1. The van der Waals surface area contributed by atoms with Gasteiger partial charge in [-0.05, 0) is 5.53 Å². The van der Waals surface area contributed by atoms with Crippen molar-refractivity contribution >= 4 is 17.8 Å². The van der Waals surface area contributed by atoms with Gasteiger partial charge < -0.3 is 0 Å². The monoisotopic (exact) mass is 197 g/mol. The highest BCUT2D eigenvalue weighted by Gasteiger charge is 2.41. The van der Waals surface area contributed by atoms with Crippen LogP contribution in [0.3, 0.4) is 0 Å². The molecule has 0 aromatic heterocycles. The third-order valence-electron chi connectivity index (χ3n) is 1.74. The highest BCUT2D eigenvalue weighted by atomic mass is 16.2. The van der Waals surface area contributed by atoms with Gasteiger partial charge in [0.05, 0.1) is 0 Å². The van der Waals surface area contributed by atoms with Crippen molar-refractivity contribution in [3.63, 3.8) is 0 Å². The fourth-order valence-corrected chi connectivity index (χ4v) is 1.00. The molecule has 1 aliphatic heterocycles. The van der Waals surface area contributed by atoms with Crippen molar-refractivity contribution in [2.45, 2.75) is 0 Å². The minimum absolute atomic E-state index is 0.0326. The summed E-state index contributed by atoms with van der Waals surface area (Å²) in [4.78, 5) is 37.2. The number of carbonyl (C=O) groups is 3. The number of amides is 4. The maximum absolute atomic E-state index is 11.2. The summed E-state index contributed by atoms with van der Waals surface area (Å²) < 4.78 is 0. The van der Waals surface area contributed by atoms with E-state index in [1.165, 1.54) is 7.05 Å². The topological polar surface area (TPSA) is 106 Å². The fourth-order valence-electron chi connectivity index (χ4n) is 1.00. The molecule has 74 valence electrons. The minimum Gasteiger partial charge on any atom is -0.263 e. The van der Waals surface area contributed by atoms with Crippen molar-refractivity contribution in [2.75, 3.05) is 20.1 Å². The molecule has 8 nitrogen and oxygen atoms in total. The van der Waals surface area contributed by atoms with Gasteiger partial charge in [-0.1, -0.05) is 5.11 Å². The standard InChI is InChI=1S/C6H7N5O3/c1-10-4(12)5(13)11(6(10)14)3-2-8-9-7/h2-3H2,1H3. The first-order chi connectivity index (χ1) is 6.59. The first-order valence-electron chi connectivity index (χ1n) is 3.74. The largest absolute Gasteiger partial charge is 0.333 e. The molecule has 0 aromatic carbocycles. The molecule has 0 N–H and O–H groups in total. The fraction of sp³-hybridized carbons (Fsp3) is 0.500. The summed E-state index contributed by atoms with van der Waals surface area (Å²) >= 11 is 0. The zero-order valence-corrected chi connectivity index (χ0v) is 7.38. The van der Waals surface area contributed by atoms with Crippen LogP contribution in [-0.2, 0) is 9.59 Å². The molecule has 0 aromatic rings. The van der Waals surface area contributed by atoms with Gasteiger partial charge in [0.1, 0.15) is 0 Å². The average Bonchev–Trinajstić information content (AvgIpc) is 2.35. The third-order valence-corrected chi connectivity index (χ3v) is 1.74. The predicted octanol–water partition coefficient (Wildman–Crippen LogP) is -0.283. The van der Waals surface area contributed by atoms with E-state index in [1.807, 2.05) is 0 Å². The smallest absolute Gasteiger partial charge is 0.263 e. The van der Waals surface area contributed by atoms with E-state index in [4.69, 9.17) is 5.53 Å². The Balaban J connectivity index is 2.70. The molecule has 14 heavy (non-hydrogen) atoms. The molecular weight excluding hydrogens is 190 g/mol. The van der Waals surface area contributed by atoms with E-state index in [0.717, 1.165) is 9.80 Å². The first-order valence-corrected chi connectivity index (χ1v) is 3.74. The van der Waals surface area contributed by atoms with Crippen LogP contribution in [0, 0.1) is 0 Å². The molecule has 1 saturated heterocycles. The lowest BCUT2D eigenvalue weighted by atomic mass is 10.5. The van der Waals surface area contributed by atoms with E-state index >= 15 is 0 Å². The summed E-state index contributed by atoms with van der Waals surface area (Å²) in [5.74, 6) is -1.75. The van der Waals surface area contributed by atoms with Crippen molar-refractivity contribution < 1.29 is 14.4 Å². The Kier molecular flexibility index (Phi) is 2.68. The first kappa shape index (κ1) is 10.0. The number of urea groups is 1. The van der Waals surface area contributed by atoms with Crippen molar-refractivity contribution in [1.29, 1.82) is 0 Å². The highest BCUT2D eigenvalue weighted by molar-refractivity contribution is 6.44. The number of hydrogen-bond donors (Lipinski definition) is 0. The molecule has 4 amide bonds. The van der Waals surface area contributed by atoms with Crippen molar-refractivity contribution in [1.82, 2.24) is 9.80 Å². The summed E-state index contributed by atoms with van der Waals surface area (Å²) in [5, 5.41) is 3.16. The number of nitrogens with zero attached hydrogens (tertiary/aromatic N) is 5. The van der Waals surface area contributed by atoms with Crippen LogP contribution in [0.15, 0.2) is 5.11 Å². The second-order valence-corrected chi connectivity index (χ2v) is 2.56. The van der Waals surface area contributed by atoms with Crippen molar-refractivity contribution in [3.05, 3.63) is 10.4 Å². The highest BCUT2D eigenvalue weighted by Crippen LogP contribution is 2.08. The van der Waals surface area contributed by atoms with Crippen LogP contribution in [0.5, 0.6) is 0 Å². The quantitative estimate of drug-likeness (QED) is 0.204. The summed E-state index contributed by atoms with van der Waals surface area (Å²) in [6.07, 6.45) is 0. The van der Waals surface area contributed by atoms with Crippen LogP contribution < -0.4 is 0 Å². The normalized spacial score (nSPS) is 16.2. The van der Waals surface area contributed by atoms with Gasteiger partial charge in [0.25, 0.3) is 0 Å². The molecule has 1 heterocycles. The molecule has 1 fully saturated rings. The average molecular weight is 197 g/mol. The Morgan fingerprint density at radius 3 is 2.43 bits per heavy atom. The molecular formula is C6H7N5O3. The van der Waals surface area contributed by atoms with Crippen LogP contribution in [0.4, 0.5) is 4.79 Å². The second-order valence-electron chi connectivity index (χ2n) is 2.56. The lowest BCUT2D eigenvalue weighted by molar-refractivity contribution is -0.142. The Bertz CT molecular complexity index is 345. The van der Waals surface area contributed by atoms with Gasteiger partial charge in [0.2, 0.25) is 0 Å². The number of carbonyl (C=O) groups excluding carboxylic acids is 3. The van der Waals surface area contributed by atoms with Gasteiger partial charge in [-0.2, -0.15) is 0 Å². The Morgan fingerprint density at radius 2 is 2.00 bits per heavy atom. The van der Waals surface area contributed by atoms with Gasteiger partial charge in [-0.25, -0.2) is 4.79 Å². The van der Waals surface area contributed by atoms with Gasteiger partial charge >= 0.3 is 17.8 Å². The lowest BCUT2D eigenvalue weighted by Gasteiger charge is -2.10. The van der Waals surface area contributed by atoms with E-state index in [-0.39, 0.29) is 13.1 Å². The SMILES string of the molecule is CN1C(=O)C(=O)N(CCN=[N+]=[N-])C1=O. The van der Waals surface area contributed by atoms with E-state index in [2.05, 4.69) is 10.0 Å². The maximum atomic E-state index is 11.2. The van der Waals surface area contributed by atoms with Gasteiger partial charge in [0, 0.05) is 25.0 Å². The summed E-state index contributed by atoms with van der Waals surface area (Å²) in [7, 11) is 1.22. The molecule has 0 aliphatic carbocycles. The van der Waals surface area contributed by atoms with Crippen molar-refractivity contribution in [2.24, 2.45) is 5.11 Å². The van der Waals surface area contributed by atoms with E-state index in [1.54, 1.807) is 0 Å². The third kappa shape index (κ3) is 1.50. The van der Waals surface area contributed by atoms with Crippen LogP contribution >= 0.6 is 0 Å². The lowest BCUT2D eigenvalue weighted by Crippen LogP contribution is -2.33. The Morgan fingerprint density at radius 1 is 1.36 bits per heavy atom. The van der Waals surface area contributed by atoms with Crippen LogP contribution in [0.2, 0.25) is 0 Å². The molecule has 0 radical (unpaired) electrons. The summed E-state index contributed by atoms with van der Waals surface area (Å²) in [5.41, 5.74) is 7.97. The number of hydrogen-bond acceptors (Lipinski definition) is 4. The van der Waals surface area contributed by atoms with Gasteiger partial charge in [-0.15, -0.1) is 0 Å². The predicted molar refractivity (Wildman–Crippen MR) is 43.9 cm³/mol. The van der Waals surface area contributed by atoms with Gasteiger partial charge in [-0.3, -0.25) is 19.4 Å². The molecule has 0 unspecified atom stereocenters. The molecule has 1 rings (SSSR count). The molecule has 0 atom stereocenters. The summed E-state index contributed by atoms with van der Waals surface area (Å²) in [6.45, 7) is -0.104. The van der Waals surface area contributed by atoms with E-state index < -0.39 is 17.8 Å². The maximum Gasteiger partial charge on any atom is 0.333 e. The van der Waals surface area contributed by atoms with Crippen molar-refractivity contribution in [3.8, 4) is 0 Å². The Hall–Kier alpha value is -2.08. The number of likely N-dealkylation sites (N-methyl/N-ethyl adjacent to an activating group) is 1. The molecule has 1 aliphatic rings.